The molecule has 0 bridgehead atoms. The summed E-state index contributed by atoms with van der Waals surface area (Å²) in [5.74, 6) is -0.0342. The molecule has 0 spiro atoms. The van der Waals surface area contributed by atoms with Gasteiger partial charge in [-0.1, -0.05) is 34.4 Å². The van der Waals surface area contributed by atoms with Crippen molar-refractivity contribution in [1.29, 1.82) is 0 Å². The van der Waals surface area contributed by atoms with Crippen LogP contribution >= 0.6 is 23.2 Å². The summed E-state index contributed by atoms with van der Waals surface area (Å²) in [5.41, 5.74) is -1.68. The summed E-state index contributed by atoms with van der Waals surface area (Å²) in [7, 11) is 0. The molecule has 0 radical (unpaired) electrons. The van der Waals surface area contributed by atoms with E-state index < -0.39 is 30.3 Å². The van der Waals surface area contributed by atoms with Gasteiger partial charge in [-0.25, -0.2) is 0 Å². The van der Waals surface area contributed by atoms with Crippen molar-refractivity contribution in [2.45, 2.75) is 44.7 Å². The standard InChI is InChI=1S/C23H20Cl2F3N3O4/c1-3-33-20-10-19(34-31-20)29-21(32)17-5-4-13(6-12(17)2)18-11-22(35-30-18,23(26,27)28)14-7-15(24)9-16(25)8-14/h4-9,19H,3,10-11H2,1-2H3,(H,29,32). The van der Waals surface area contributed by atoms with Crippen LogP contribution in [0.1, 0.15) is 46.8 Å². The van der Waals surface area contributed by atoms with Crippen molar-refractivity contribution in [2.75, 3.05) is 6.61 Å². The first kappa shape index (κ1) is 25.1. The zero-order valence-electron chi connectivity index (χ0n) is 18.6. The molecule has 2 unspecified atom stereocenters. The third-order valence-corrected chi connectivity index (χ3v) is 6.00. The van der Waals surface area contributed by atoms with Gasteiger partial charge in [0.15, 0.2) is 0 Å². The summed E-state index contributed by atoms with van der Waals surface area (Å²) in [5, 5.41) is 10.3. The van der Waals surface area contributed by atoms with Crippen LogP contribution in [0.5, 0.6) is 0 Å². The molecule has 0 saturated carbocycles. The average molecular weight is 530 g/mol. The fourth-order valence-electron chi connectivity index (χ4n) is 3.85. The van der Waals surface area contributed by atoms with Crippen LogP contribution in [0.4, 0.5) is 13.2 Å². The first-order valence-corrected chi connectivity index (χ1v) is 11.3. The minimum Gasteiger partial charge on any atom is -0.479 e. The molecular weight excluding hydrogens is 510 g/mol. The number of hydrogen-bond acceptors (Lipinski definition) is 6. The van der Waals surface area contributed by atoms with Crippen LogP contribution in [0.15, 0.2) is 46.7 Å². The van der Waals surface area contributed by atoms with Crippen LogP contribution in [0.25, 0.3) is 0 Å². The van der Waals surface area contributed by atoms with E-state index in [1.165, 1.54) is 18.2 Å². The van der Waals surface area contributed by atoms with E-state index in [1.54, 1.807) is 13.0 Å². The van der Waals surface area contributed by atoms with E-state index >= 15 is 0 Å². The maximum Gasteiger partial charge on any atom is 0.435 e. The lowest BCUT2D eigenvalue weighted by atomic mass is 9.86. The Labute approximate surface area is 208 Å². The molecule has 0 fully saturated rings. The van der Waals surface area contributed by atoms with E-state index in [0.29, 0.717) is 29.2 Å². The Kier molecular flexibility index (Phi) is 6.88. The number of hydrogen-bond donors (Lipinski definition) is 1. The number of amides is 1. The summed E-state index contributed by atoms with van der Waals surface area (Å²) in [4.78, 5) is 22.9. The predicted molar refractivity (Wildman–Crippen MR) is 124 cm³/mol. The molecule has 1 N–H and O–H groups in total. The average Bonchev–Trinajstić information content (AvgIpc) is 3.41. The van der Waals surface area contributed by atoms with E-state index in [1.807, 2.05) is 6.92 Å². The number of nitrogens with one attached hydrogen (secondary N) is 1. The first-order valence-electron chi connectivity index (χ1n) is 10.6. The van der Waals surface area contributed by atoms with Crippen LogP contribution in [-0.4, -0.2) is 36.5 Å². The number of nitrogens with zero attached hydrogens (tertiary/aromatic N) is 2. The largest absolute Gasteiger partial charge is 0.479 e. The fourth-order valence-corrected chi connectivity index (χ4v) is 4.38. The van der Waals surface area contributed by atoms with Gasteiger partial charge in [0.1, 0.15) is 0 Å². The van der Waals surface area contributed by atoms with Crippen molar-refractivity contribution in [3.8, 4) is 0 Å². The second kappa shape index (κ2) is 9.58. The normalized spacial score (nSPS) is 21.6. The number of rotatable bonds is 5. The molecule has 0 saturated heterocycles. The van der Waals surface area contributed by atoms with Crippen LogP contribution in [-0.2, 0) is 20.0 Å². The number of halogens is 5. The molecule has 186 valence electrons. The SMILES string of the molecule is CCOC1=NOC(NC(=O)c2ccc(C3=NOC(c4cc(Cl)cc(Cl)c4)(C(F)(F)F)C3)cc2C)C1. The predicted octanol–water partition coefficient (Wildman–Crippen LogP) is 5.71. The Morgan fingerprint density at radius 2 is 1.91 bits per heavy atom. The second-order valence-corrected chi connectivity index (χ2v) is 8.88. The van der Waals surface area contributed by atoms with E-state index in [9.17, 15) is 18.0 Å². The second-order valence-electron chi connectivity index (χ2n) is 8.01. The molecule has 2 aliphatic heterocycles. The maximum atomic E-state index is 14.2. The third kappa shape index (κ3) is 5.04. The number of alkyl halides is 3. The van der Waals surface area contributed by atoms with Crippen LogP contribution in [0, 0.1) is 6.92 Å². The van der Waals surface area contributed by atoms with Crippen LogP contribution < -0.4 is 5.32 Å². The first-order chi connectivity index (χ1) is 16.5. The summed E-state index contributed by atoms with van der Waals surface area (Å²) < 4.78 is 47.9. The molecule has 12 heteroatoms. The fraction of sp³-hybridized carbons (Fsp3) is 0.348. The van der Waals surface area contributed by atoms with E-state index in [0.717, 1.165) is 12.1 Å². The van der Waals surface area contributed by atoms with Gasteiger partial charge in [-0.2, -0.15) is 13.2 Å². The number of ether oxygens (including phenoxy) is 1. The maximum absolute atomic E-state index is 14.2. The lowest BCUT2D eigenvalue weighted by Gasteiger charge is -2.29. The minimum absolute atomic E-state index is 0.0457. The van der Waals surface area contributed by atoms with Gasteiger partial charge in [0.25, 0.3) is 11.5 Å². The molecule has 2 aromatic carbocycles. The van der Waals surface area contributed by atoms with Crippen LogP contribution in [0.3, 0.4) is 0 Å². The minimum atomic E-state index is -4.80. The molecule has 4 rings (SSSR count). The molecular formula is C23H20Cl2F3N3O4. The van der Waals surface area contributed by atoms with Crippen molar-refractivity contribution in [1.82, 2.24) is 5.32 Å². The van der Waals surface area contributed by atoms with E-state index in [-0.39, 0.29) is 27.7 Å². The zero-order valence-corrected chi connectivity index (χ0v) is 20.1. The number of oxime groups is 2. The Hall–Kier alpha value is -2.98. The van der Waals surface area contributed by atoms with E-state index in [2.05, 4.69) is 15.6 Å². The number of carbonyl (C=O) groups excluding carboxylic acids is 1. The van der Waals surface area contributed by atoms with Gasteiger partial charge in [0.05, 0.1) is 18.7 Å². The van der Waals surface area contributed by atoms with Crippen molar-refractivity contribution >= 4 is 40.7 Å². The van der Waals surface area contributed by atoms with E-state index in [4.69, 9.17) is 37.6 Å². The van der Waals surface area contributed by atoms with Crippen molar-refractivity contribution in [3.63, 3.8) is 0 Å². The van der Waals surface area contributed by atoms with Crippen LogP contribution in [0.2, 0.25) is 10.0 Å². The van der Waals surface area contributed by atoms with Gasteiger partial charge in [0, 0.05) is 27.6 Å². The molecule has 0 aliphatic carbocycles. The quantitative estimate of drug-likeness (QED) is 0.537. The lowest BCUT2D eigenvalue weighted by molar-refractivity contribution is -0.275. The van der Waals surface area contributed by atoms with Crippen molar-refractivity contribution in [3.05, 3.63) is 68.7 Å². The molecule has 2 heterocycles. The monoisotopic (exact) mass is 529 g/mol. The highest BCUT2D eigenvalue weighted by molar-refractivity contribution is 6.34. The Bertz CT molecular complexity index is 1200. The molecule has 1 amide bonds. The summed E-state index contributed by atoms with van der Waals surface area (Å²) in [6.07, 6.45) is -5.78. The zero-order chi connectivity index (χ0) is 25.4. The van der Waals surface area contributed by atoms with Crippen molar-refractivity contribution < 1.29 is 32.4 Å². The molecule has 35 heavy (non-hydrogen) atoms. The topological polar surface area (TPSA) is 81.5 Å². The lowest BCUT2D eigenvalue weighted by Crippen LogP contribution is -2.42. The summed E-state index contributed by atoms with van der Waals surface area (Å²) in [6, 6.07) is 8.24. The molecule has 2 atom stereocenters. The van der Waals surface area contributed by atoms with Gasteiger partial charge in [0.2, 0.25) is 12.1 Å². The third-order valence-electron chi connectivity index (χ3n) is 5.56. The molecule has 7 nitrogen and oxygen atoms in total. The Balaban J connectivity index is 1.52. The Morgan fingerprint density at radius 3 is 2.54 bits per heavy atom. The number of benzene rings is 2. The van der Waals surface area contributed by atoms with Gasteiger partial charge in [-0.3, -0.25) is 4.79 Å². The van der Waals surface area contributed by atoms with Crippen molar-refractivity contribution in [2.24, 2.45) is 10.3 Å². The highest BCUT2D eigenvalue weighted by Gasteiger charge is 2.62. The summed E-state index contributed by atoms with van der Waals surface area (Å²) in [6.45, 7) is 3.90. The highest BCUT2D eigenvalue weighted by Crippen LogP contribution is 2.49. The number of aryl methyl sites for hydroxylation is 1. The highest BCUT2D eigenvalue weighted by atomic mass is 35.5. The summed E-state index contributed by atoms with van der Waals surface area (Å²) >= 11 is 11.9. The van der Waals surface area contributed by atoms with Gasteiger partial charge < -0.3 is 19.7 Å². The van der Waals surface area contributed by atoms with Gasteiger partial charge in [-0.05, 0) is 60.5 Å². The van der Waals surface area contributed by atoms with Gasteiger partial charge >= 0.3 is 6.18 Å². The number of carbonyl (C=O) groups is 1. The molecule has 0 aromatic heterocycles. The molecule has 2 aliphatic rings. The Morgan fingerprint density at radius 1 is 1.20 bits per heavy atom. The molecule has 2 aromatic rings. The smallest absolute Gasteiger partial charge is 0.435 e. The van der Waals surface area contributed by atoms with Gasteiger partial charge in [-0.15, -0.1) is 0 Å².